The molecule has 0 aliphatic rings. The molecule has 0 radical (unpaired) electrons. The van der Waals surface area contributed by atoms with Gasteiger partial charge in [0.2, 0.25) is 0 Å². The molecule has 0 fully saturated rings. The normalized spacial score (nSPS) is 10.3. The molecule has 1 heterocycles. The predicted molar refractivity (Wildman–Crippen MR) is 105 cm³/mol. The molecule has 3 aromatic rings. The number of nitrogens with one attached hydrogen (secondary N) is 2. The standard InChI is InChI=1S/C19H15Cl2N3O2/c1-26-14-8-5-12(6-9-14)19(25)23-13-7-10-17(22-11-13)24-16-4-2-3-15(20)18(16)21/h2-11H,1H3,(H,22,24)(H,23,25). The van der Waals surface area contributed by atoms with Crippen LogP contribution in [0.25, 0.3) is 0 Å². The molecule has 0 aliphatic carbocycles. The maximum Gasteiger partial charge on any atom is 0.255 e. The minimum Gasteiger partial charge on any atom is -0.497 e. The number of ether oxygens (including phenoxy) is 1. The van der Waals surface area contributed by atoms with E-state index in [1.807, 2.05) is 0 Å². The number of anilines is 3. The van der Waals surface area contributed by atoms with Gasteiger partial charge in [-0.05, 0) is 48.5 Å². The molecule has 0 aliphatic heterocycles. The van der Waals surface area contributed by atoms with Gasteiger partial charge in [0, 0.05) is 5.56 Å². The van der Waals surface area contributed by atoms with E-state index in [0.29, 0.717) is 38.6 Å². The smallest absolute Gasteiger partial charge is 0.255 e. The number of pyridine rings is 1. The highest BCUT2D eigenvalue weighted by molar-refractivity contribution is 6.43. The minimum absolute atomic E-state index is 0.229. The number of amides is 1. The van der Waals surface area contributed by atoms with Crippen molar-refractivity contribution in [3.05, 3.63) is 76.4 Å². The molecule has 5 nitrogen and oxygen atoms in total. The van der Waals surface area contributed by atoms with Crippen molar-refractivity contribution in [3.63, 3.8) is 0 Å². The molecular formula is C19H15Cl2N3O2. The Morgan fingerprint density at radius 2 is 1.81 bits per heavy atom. The van der Waals surface area contributed by atoms with Crippen LogP contribution in [0.3, 0.4) is 0 Å². The largest absolute Gasteiger partial charge is 0.497 e. The summed E-state index contributed by atoms with van der Waals surface area (Å²) in [6.07, 6.45) is 1.56. The molecule has 0 atom stereocenters. The summed E-state index contributed by atoms with van der Waals surface area (Å²) >= 11 is 12.1. The van der Waals surface area contributed by atoms with E-state index in [1.165, 1.54) is 0 Å². The van der Waals surface area contributed by atoms with Crippen molar-refractivity contribution >= 4 is 46.3 Å². The predicted octanol–water partition coefficient (Wildman–Crippen LogP) is 5.39. The van der Waals surface area contributed by atoms with Crippen LogP contribution in [0.4, 0.5) is 17.2 Å². The van der Waals surface area contributed by atoms with E-state index >= 15 is 0 Å². The summed E-state index contributed by atoms with van der Waals surface area (Å²) in [6.45, 7) is 0. The van der Waals surface area contributed by atoms with Crippen LogP contribution in [-0.2, 0) is 0 Å². The Hall–Kier alpha value is -2.76. The number of aromatic nitrogens is 1. The molecule has 1 amide bonds. The van der Waals surface area contributed by atoms with Gasteiger partial charge in [-0.3, -0.25) is 4.79 Å². The average molecular weight is 388 g/mol. The van der Waals surface area contributed by atoms with Crippen LogP contribution >= 0.6 is 23.2 Å². The molecule has 26 heavy (non-hydrogen) atoms. The molecule has 0 unspecified atom stereocenters. The Labute approximate surface area is 160 Å². The maximum atomic E-state index is 12.2. The van der Waals surface area contributed by atoms with Gasteiger partial charge in [-0.15, -0.1) is 0 Å². The number of rotatable bonds is 5. The van der Waals surface area contributed by atoms with Crippen LogP contribution in [0, 0.1) is 0 Å². The molecular weight excluding hydrogens is 373 g/mol. The molecule has 2 aromatic carbocycles. The second-order valence-electron chi connectivity index (χ2n) is 5.34. The van der Waals surface area contributed by atoms with E-state index in [0.717, 1.165) is 0 Å². The van der Waals surface area contributed by atoms with Crippen molar-refractivity contribution in [2.24, 2.45) is 0 Å². The summed E-state index contributed by atoms with van der Waals surface area (Å²) in [7, 11) is 1.58. The lowest BCUT2D eigenvalue weighted by Crippen LogP contribution is -2.12. The van der Waals surface area contributed by atoms with Gasteiger partial charge in [-0.2, -0.15) is 0 Å². The van der Waals surface area contributed by atoms with E-state index in [2.05, 4.69) is 15.6 Å². The summed E-state index contributed by atoms with van der Waals surface area (Å²) in [6, 6.07) is 15.6. The Balaban J connectivity index is 1.67. The number of methoxy groups -OCH3 is 1. The Bertz CT molecular complexity index is 913. The second kappa shape index (κ2) is 8.08. The number of hydrogen-bond acceptors (Lipinski definition) is 4. The maximum absolute atomic E-state index is 12.2. The number of hydrogen-bond donors (Lipinski definition) is 2. The van der Waals surface area contributed by atoms with Gasteiger partial charge >= 0.3 is 0 Å². The van der Waals surface area contributed by atoms with Gasteiger partial charge in [0.05, 0.1) is 34.7 Å². The molecule has 0 bridgehead atoms. The second-order valence-corrected chi connectivity index (χ2v) is 6.13. The first-order valence-electron chi connectivity index (χ1n) is 7.69. The van der Waals surface area contributed by atoms with Crippen molar-refractivity contribution in [2.45, 2.75) is 0 Å². The highest BCUT2D eigenvalue weighted by Gasteiger charge is 2.08. The first kappa shape index (κ1) is 18.0. The third-order valence-electron chi connectivity index (χ3n) is 3.59. The highest BCUT2D eigenvalue weighted by Crippen LogP contribution is 2.31. The topological polar surface area (TPSA) is 63.2 Å². The number of carbonyl (C=O) groups excluding carboxylic acids is 1. The van der Waals surface area contributed by atoms with Crippen LogP contribution in [0.1, 0.15) is 10.4 Å². The SMILES string of the molecule is COc1ccc(C(=O)Nc2ccc(Nc3cccc(Cl)c3Cl)nc2)cc1. The third kappa shape index (κ3) is 4.25. The lowest BCUT2D eigenvalue weighted by Gasteiger charge is -2.10. The molecule has 1 aromatic heterocycles. The van der Waals surface area contributed by atoms with E-state index in [9.17, 15) is 4.79 Å². The average Bonchev–Trinajstić information content (AvgIpc) is 2.67. The zero-order valence-corrected chi connectivity index (χ0v) is 15.3. The number of benzene rings is 2. The molecule has 0 saturated carbocycles. The van der Waals surface area contributed by atoms with Crippen LogP contribution < -0.4 is 15.4 Å². The quantitative estimate of drug-likeness (QED) is 0.615. The van der Waals surface area contributed by atoms with Crippen molar-refractivity contribution in [3.8, 4) is 5.75 Å². The van der Waals surface area contributed by atoms with Crippen molar-refractivity contribution < 1.29 is 9.53 Å². The fourth-order valence-electron chi connectivity index (χ4n) is 2.23. The number of nitrogens with zero attached hydrogens (tertiary/aromatic N) is 1. The van der Waals surface area contributed by atoms with Gasteiger partial charge in [0.25, 0.3) is 5.91 Å². The van der Waals surface area contributed by atoms with Crippen molar-refractivity contribution in [1.29, 1.82) is 0 Å². The Morgan fingerprint density at radius 1 is 1.04 bits per heavy atom. The molecule has 0 saturated heterocycles. The summed E-state index contributed by atoms with van der Waals surface area (Å²) in [5, 5.41) is 6.76. The monoisotopic (exact) mass is 387 g/mol. The van der Waals surface area contributed by atoms with Crippen LogP contribution in [-0.4, -0.2) is 18.0 Å². The Kier molecular flexibility index (Phi) is 5.61. The molecule has 7 heteroatoms. The molecule has 0 spiro atoms. The first-order chi connectivity index (χ1) is 12.6. The van der Waals surface area contributed by atoms with Gasteiger partial charge in [-0.1, -0.05) is 29.3 Å². The van der Waals surface area contributed by atoms with Crippen molar-refractivity contribution in [1.82, 2.24) is 4.98 Å². The summed E-state index contributed by atoms with van der Waals surface area (Å²) < 4.78 is 5.08. The van der Waals surface area contributed by atoms with E-state index in [4.69, 9.17) is 27.9 Å². The molecule has 2 N–H and O–H groups in total. The van der Waals surface area contributed by atoms with Crippen LogP contribution in [0.15, 0.2) is 60.8 Å². The lowest BCUT2D eigenvalue weighted by atomic mass is 10.2. The summed E-state index contributed by atoms with van der Waals surface area (Å²) in [4.78, 5) is 16.5. The van der Waals surface area contributed by atoms with Gasteiger partial charge < -0.3 is 15.4 Å². The minimum atomic E-state index is -0.229. The zero-order valence-electron chi connectivity index (χ0n) is 13.8. The van der Waals surface area contributed by atoms with Gasteiger partial charge in [0.1, 0.15) is 11.6 Å². The third-order valence-corrected chi connectivity index (χ3v) is 4.41. The van der Waals surface area contributed by atoms with E-state index in [-0.39, 0.29) is 5.91 Å². The van der Waals surface area contributed by atoms with E-state index < -0.39 is 0 Å². The van der Waals surface area contributed by atoms with Crippen molar-refractivity contribution in [2.75, 3.05) is 17.7 Å². The highest BCUT2D eigenvalue weighted by atomic mass is 35.5. The number of carbonyl (C=O) groups is 1. The zero-order chi connectivity index (χ0) is 18.5. The first-order valence-corrected chi connectivity index (χ1v) is 8.45. The van der Waals surface area contributed by atoms with Crippen LogP contribution in [0.5, 0.6) is 5.75 Å². The fraction of sp³-hybridized carbons (Fsp3) is 0.0526. The molecule has 3 rings (SSSR count). The molecule has 132 valence electrons. The summed E-state index contributed by atoms with van der Waals surface area (Å²) in [5.41, 5.74) is 1.76. The van der Waals surface area contributed by atoms with Gasteiger partial charge in [-0.25, -0.2) is 4.98 Å². The van der Waals surface area contributed by atoms with Crippen LogP contribution in [0.2, 0.25) is 10.0 Å². The van der Waals surface area contributed by atoms with Gasteiger partial charge in [0.15, 0.2) is 0 Å². The summed E-state index contributed by atoms with van der Waals surface area (Å²) in [5.74, 6) is 1.04. The fourth-order valence-corrected chi connectivity index (χ4v) is 2.57. The van der Waals surface area contributed by atoms with E-state index in [1.54, 1.807) is 67.9 Å². The lowest BCUT2D eigenvalue weighted by molar-refractivity contribution is 0.102. The Morgan fingerprint density at radius 3 is 2.46 bits per heavy atom. The number of halogens is 2.